The van der Waals surface area contributed by atoms with Crippen molar-refractivity contribution in [3.63, 3.8) is 0 Å². The molecule has 14 heteroatoms. The average molecular weight is 643 g/mol. The first kappa shape index (κ1) is 30.0. The van der Waals surface area contributed by atoms with E-state index in [0.717, 1.165) is 24.3 Å². The maximum absolute atomic E-state index is 12.7. The number of ether oxygens (including phenoxy) is 3. The average Bonchev–Trinajstić information content (AvgIpc) is 2.85. The number of phenols is 2. The molecule has 8 nitrogen and oxygen atoms in total. The van der Waals surface area contributed by atoms with Gasteiger partial charge < -0.3 is 24.4 Å². The van der Waals surface area contributed by atoms with Crippen LogP contribution in [0.5, 0.6) is 11.5 Å². The molecule has 0 spiro atoms. The molecule has 0 saturated heterocycles. The predicted octanol–water partition coefficient (Wildman–Crippen LogP) is 7.26. The van der Waals surface area contributed by atoms with Crippen LogP contribution in [0.1, 0.15) is 31.1 Å². The van der Waals surface area contributed by atoms with Gasteiger partial charge in [0.2, 0.25) is 0 Å². The van der Waals surface area contributed by atoms with Crippen LogP contribution >= 0.6 is 69.6 Å². The van der Waals surface area contributed by atoms with Crippen LogP contribution in [-0.2, 0) is 14.2 Å². The minimum atomic E-state index is -1.31. The molecule has 0 fully saturated rings. The third-order valence-corrected chi connectivity index (χ3v) is 6.27. The maximum Gasteiger partial charge on any atom is 0.338 e. The molecule has 0 aliphatic rings. The molecule has 200 valence electrons. The number of esters is 3. The standard InChI is InChI=1S/C24H14Cl6O8/c25-13-1-10(2-14(26)7-13)24(35)38-15(8-36-22(33)11-3-16(27)20(31)17(28)4-11)9-37-23(34)12-5-18(29)21(32)19(30)6-12/h1-7,15,31-32H,8-9H2. The van der Waals surface area contributed by atoms with Crippen molar-refractivity contribution in [3.05, 3.63) is 89.3 Å². The highest BCUT2D eigenvalue weighted by molar-refractivity contribution is 6.38. The minimum Gasteiger partial charge on any atom is -0.505 e. The predicted molar refractivity (Wildman–Crippen MR) is 142 cm³/mol. The van der Waals surface area contributed by atoms with Gasteiger partial charge in [0.25, 0.3) is 0 Å². The molecule has 38 heavy (non-hydrogen) atoms. The van der Waals surface area contributed by atoms with E-state index < -0.39 is 48.7 Å². The van der Waals surface area contributed by atoms with Crippen molar-refractivity contribution >= 4 is 87.5 Å². The Kier molecular flexibility index (Phi) is 10.2. The highest BCUT2D eigenvalue weighted by Gasteiger charge is 2.23. The second-order valence-electron chi connectivity index (χ2n) is 7.46. The van der Waals surface area contributed by atoms with Gasteiger partial charge in [-0.05, 0) is 42.5 Å². The molecule has 0 aliphatic carbocycles. The summed E-state index contributed by atoms with van der Waals surface area (Å²) < 4.78 is 15.7. The highest BCUT2D eigenvalue weighted by Crippen LogP contribution is 2.34. The fraction of sp³-hybridized carbons (Fsp3) is 0.125. The molecule has 2 N–H and O–H groups in total. The largest absolute Gasteiger partial charge is 0.505 e. The third kappa shape index (κ3) is 7.72. The van der Waals surface area contributed by atoms with Gasteiger partial charge in [-0.3, -0.25) is 0 Å². The van der Waals surface area contributed by atoms with E-state index in [1.54, 1.807) is 0 Å². The lowest BCUT2D eigenvalue weighted by Crippen LogP contribution is -2.31. The number of aromatic hydroxyl groups is 2. The van der Waals surface area contributed by atoms with Gasteiger partial charge in [0.05, 0.1) is 36.8 Å². The second-order valence-corrected chi connectivity index (χ2v) is 9.96. The van der Waals surface area contributed by atoms with Crippen LogP contribution in [0.25, 0.3) is 0 Å². The van der Waals surface area contributed by atoms with E-state index in [2.05, 4.69) is 0 Å². The number of rotatable bonds is 8. The van der Waals surface area contributed by atoms with Gasteiger partial charge >= 0.3 is 17.9 Å². The molecular weight excluding hydrogens is 629 g/mol. The van der Waals surface area contributed by atoms with Crippen LogP contribution in [0.4, 0.5) is 0 Å². The molecule has 0 aliphatic heterocycles. The van der Waals surface area contributed by atoms with E-state index in [9.17, 15) is 24.6 Å². The van der Waals surface area contributed by atoms with Crippen molar-refractivity contribution in [1.82, 2.24) is 0 Å². The lowest BCUT2D eigenvalue weighted by Gasteiger charge is -2.18. The molecule has 0 radical (unpaired) electrons. The van der Waals surface area contributed by atoms with Gasteiger partial charge in [-0.25, -0.2) is 14.4 Å². The molecule has 0 atom stereocenters. The van der Waals surface area contributed by atoms with E-state index in [-0.39, 0.29) is 46.8 Å². The van der Waals surface area contributed by atoms with Crippen LogP contribution in [0.15, 0.2) is 42.5 Å². The number of halogens is 6. The first-order valence-corrected chi connectivity index (χ1v) is 12.5. The van der Waals surface area contributed by atoms with Gasteiger partial charge in [-0.2, -0.15) is 0 Å². The molecule has 0 bridgehead atoms. The molecule has 3 rings (SSSR count). The van der Waals surface area contributed by atoms with Gasteiger partial charge in [0.15, 0.2) is 17.6 Å². The Morgan fingerprint density at radius 1 is 0.579 bits per heavy atom. The number of benzene rings is 3. The lowest BCUT2D eigenvalue weighted by molar-refractivity contribution is -0.0253. The van der Waals surface area contributed by atoms with Gasteiger partial charge in [-0.1, -0.05) is 69.6 Å². The van der Waals surface area contributed by atoms with Crippen LogP contribution in [0.3, 0.4) is 0 Å². The lowest BCUT2D eigenvalue weighted by atomic mass is 10.2. The summed E-state index contributed by atoms with van der Waals surface area (Å²) in [6, 6.07) is 8.49. The van der Waals surface area contributed by atoms with Crippen LogP contribution < -0.4 is 0 Å². The minimum absolute atomic E-state index is 0.0145. The zero-order valence-corrected chi connectivity index (χ0v) is 23.2. The molecule has 0 saturated carbocycles. The summed E-state index contributed by atoms with van der Waals surface area (Å²) in [6.45, 7) is -1.14. The van der Waals surface area contributed by atoms with Gasteiger partial charge in [0.1, 0.15) is 13.2 Å². The molecular formula is C24H14Cl6O8. The molecule has 0 amide bonds. The topological polar surface area (TPSA) is 119 Å². The molecule has 0 heterocycles. The van der Waals surface area contributed by atoms with E-state index in [1.165, 1.54) is 18.2 Å². The smallest absolute Gasteiger partial charge is 0.338 e. The van der Waals surface area contributed by atoms with Crippen molar-refractivity contribution in [2.24, 2.45) is 0 Å². The zero-order chi connectivity index (χ0) is 28.1. The zero-order valence-electron chi connectivity index (χ0n) is 18.6. The summed E-state index contributed by atoms with van der Waals surface area (Å²) in [7, 11) is 0. The number of carbonyl (C=O) groups is 3. The van der Waals surface area contributed by atoms with Crippen LogP contribution in [0, 0.1) is 0 Å². The Balaban J connectivity index is 1.76. The van der Waals surface area contributed by atoms with Gasteiger partial charge in [0, 0.05) is 10.0 Å². The van der Waals surface area contributed by atoms with Crippen molar-refractivity contribution < 1.29 is 38.8 Å². The number of phenolic OH excluding ortho intramolecular Hbond substituents is 2. The Labute approximate surface area is 245 Å². The first-order valence-electron chi connectivity index (χ1n) is 10.2. The van der Waals surface area contributed by atoms with E-state index in [4.69, 9.17) is 83.8 Å². The highest BCUT2D eigenvalue weighted by atomic mass is 35.5. The number of hydrogen-bond donors (Lipinski definition) is 2. The SMILES string of the molecule is O=C(OCC(COC(=O)c1cc(Cl)c(O)c(Cl)c1)OC(=O)c1cc(Cl)cc(Cl)c1)c1cc(Cl)c(O)c(Cl)c1. The van der Waals surface area contributed by atoms with Crippen molar-refractivity contribution in [2.45, 2.75) is 6.10 Å². The van der Waals surface area contributed by atoms with Crippen LogP contribution in [0.2, 0.25) is 30.1 Å². The summed E-state index contributed by atoms with van der Waals surface area (Å²) in [4.78, 5) is 37.7. The summed E-state index contributed by atoms with van der Waals surface area (Å²) in [5.41, 5.74) is -0.218. The fourth-order valence-electron chi connectivity index (χ4n) is 2.88. The van der Waals surface area contributed by atoms with E-state index in [1.807, 2.05) is 0 Å². The van der Waals surface area contributed by atoms with Crippen LogP contribution in [-0.4, -0.2) is 47.4 Å². The second kappa shape index (κ2) is 13.0. The summed E-state index contributed by atoms with van der Waals surface area (Å²) in [6.07, 6.45) is -1.31. The summed E-state index contributed by atoms with van der Waals surface area (Å²) >= 11 is 35.2. The van der Waals surface area contributed by atoms with E-state index >= 15 is 0 Å². The number of carbonyl (C=O) groups excluding carboxylic acids is 3. The maximum atomic E-state index is 12.7. The normalized spacial score (nSPS) is 10.8. The Morgan fingerprint density at radius 3 is 1.29 bits per heavy atom. The Morgan fingerprint density at radius 2 is 0.921 bits per heavy atom. The van der Waals surface area contributed by atoms with Crippen molar-refractivity contribution in [1.29, 1.82) is 0 Å². The molecule has 3 aromatic rings. The Hall–Kier alpha value is -2.59. The molecule has 3 aromatic carbocycles. The quantitative estimate of drug-likeness (QED) is 0.195. The van der Waals surface area contributed by atoms with Crippen molar-refractivity contribution in [2.75, 3.05) is 13.2 Å². The first-order chi connectivity index (χ1) is 17.8. The third-order valence-electron chi connectivity index (χ3n) is 4.68. The molecule has 0 unspecified atom stereocenters. The summed E-state index contributed by atoms with van der Waals surface area (Å²) in [5, 5.41) is 18.9. The van der Waals surface area contributed by atoms with Crippen molar-refractivity contribution in [3.8, 4) is 11.5 Å². The monoisotopic (exact) mass is 640 g/mol. The number of hydrogen-bond acceptors (Lipinski definition) is 8. The fourth-order valence-corrected chi connectivity index (χ4v) is 4.38. The molecule has 0 aromatic heterocycles. The Bertz CT molecular complexity index is 1270. The van der Waals surface area contributed by atoms with Gasteiger partial charge in [-0.15, -0.1) is 0 Å². The summed E-state index contributed by atoms with van der Waals surface area (Å²) in [5.74, 6) is -3.59. The van der Waals surface area contributed by atoms with E-state index in [0.29, 0.717) is 0 Å².